The molecule has 0 unspecified atom stereocenters. The fourth-order valence-corrected chi connectivity index (χ4v) is 1.97. The van der Waals surface area contributed by atoms with Gasteiger partial charge in [0.05, 0.1) is 6.61 Å². The minimum Gasteiger partial charge on any atom is -0.394 e. The Labute approximate surface area is 56.1 Å². The van der Waals surface area contributed by atoms with Crippen LogP contribution in [0.5, 0.6) is 0 Å². The van der Waals surface area contributed by atoms with Crippen molar-refractivity contribution in [3.8, 4) is 0 Å². The Balaban J connectivity index is 2.41. The maximum atomic E-state index is 8.75. The van der Waals surface area contributed by atoms with Crippen LogP contribution in [0.4, 0.5) is 0 Å². The predicted molar refractivity (Wildman–Crippen MR) is 37.0 cm³/mol. The van der Waals surface area contributed by atoms with Crippen LogP contribution in [0, 0.1) is 5.41 Å². The highest BCUT2D eigenvalue weighted by atomic mass is 16.3. The van der Waals surface area contributed by atoms with E-state index in [9.17, 15) is 0 Å². The maximum Gasteiger partial charge on any atom is 0.0611 e. The Morgan fingerprint density at radius 1 is 1.44 bits per heavy atom. The van der Waals surface area contributed by atoms with Crippen LogP contribution in [-0.4, -0.2) is 17.3 Å². The van der Waals surface area contributed by atoms with E-state index in [-0.39, 0.29) is 12.1 Å². The number of rotatable bonds is 1. The molecule has 2 nitrogen and oxygen atoms in total. The predicted octanol–water partition coefficient (Wildman–Crippen LogP) is 0.496. The first-order valence-corrected chi connectivity index (χ1v) is 3.37. The zero-order chi connectivity index (χ0) is 7.12. The summed E-state index contributed by atoms with van der Waals surface area (Å²) in [5, 5.41) is 8.75. The summed E-state index contributed by atoms with van der Waals surface area (Å²) in [6.45, 7) is 4.48. The van der Waals surface area contributed by atoms with Gasteiger partial charge >= 0.3 is 0 Å². The lowest BCUT2D eigenvalue weighted by Crippen LogP contribution is -2.58. The summed E-state index contributed by atoms with van der Waals surface area (Å²) >= 11 is 0. The molecule has 3 N–H and O–H groups in total. The summed E-state index contributed by atoms with van der Waals surface area (Å²) in [5.41, 5.74) is 5.85. The lowest BCUT2D eigenvalue weighted by atomic mass is 9.60. The van der Waals surface area contributed by atoms with E-state index in [1.165, 1.54) is 0 Å². The highest BCUT2D eigenvalue weighted by Crippen LogP contribution is 2.45. The van der Waals surface area contributed by atoms with E-state index in [1.807, 2.05) is 0 Å². The van der Waals surface area contributed by atoms with Gasteiger partial charge in [0.25, 0.3) is 0 Å². The summed E-state index contributed by atoms with van der Waals surface area (Å²) in [6, 6.07) is 0. The van der Waals surface area contributed by atoms with Crippen LogP contribution in [0.25, 0.3) is 0 Å². The average molecular weight is 129 g/mol. The zero-order valence-corrected chi connectivity index (χ0v) is 6.15. The van der Waals surface area contributed by atoms with Gasteiger partial charge in [0, 0.05) is 5.54 Å². The van der Waals surface area contributed by atoms with E-state index in [0.717, 1.165) is 12.8 Å². The van der Waals surface area contributed by atoms with Gasteiger partial charge in [-0.15, -0.1) is 0 Å². The molecule has 0 aliphatic heterocycles. The van der Waals surface area contributed by atoms with Crippen LogP contribution in [0.1, 0.15) is 26.7 Å². The molecule has 0 amide bonds. The minimum atomic E-state index is -0.247. The fourth-order valence-electron chi connectivity index (χ4n) is 1.97. The van der Waals surface area contributed by atoms with Gasteiger partial charge in [-0.2, -0.15) is 0 Å². The molecule has 1 fully saturated rings. The Morgan fingerprint density at radius 3 is 2.00 bits per heavy atom. The number of nitrogens with two attached hydrogens (primary N) is 1. The Morgan fingerprint density at radius 2 is 1.89 bits per heavy atom. The molecule has 1 aliphatic carbocycles. The van der Waals surface area contributed by atoms with Gasteiger partial charge in [-0.1, -0.05) is 13.8 Å². The van der Waals surface area contributed by atoms with E-state index in [1.54, 1.807) is 0 Å². The Kier molecular flexibility index (Phi) is 1.33. The number of hydrogen-bond donors (Lipinski definition) is 2. The molecule has 0 heterocycles. The van der Waals surface area contributed by atoms with Crippen molar-refractivity contribution in [3.63, 3.8) is 0 Å². The molecule has 0 spiro atoms. The van der Waals surface area contributed by atoms with Crippen LogP contribution in [0.2, 0.25) is 0 Å². The molecule has 0 bridgehead atoms. The third-order valence-corrected chi connectivity index (χ3v) is 1.98. The van der Waals surface area contributed by atoms with Crippen LogP contribution < -0.4 is 5.73 Å². The standard InChI is InChI=1S/C7H15NO/c1-6(2)3-7(8,4-6)5-9/h9H,3-5,8H2,1-2H3. The number of hydrogen-bond acceptors (Lipinski definition) is 2. The summed E-state index contributed by atoms with van der Waals surface area (Å²) < 4.78 is 0. The molecule has 0 aromatic rings. The zero-order valence-electron chi connectivity index (χ0n) is 6.15. The molecule has 54 valence electrons. The maximum absolute atomic E-state index is 8.75. The molecule has 1 aliphatic rings. The van der Waals surface area contributed by atoms with Gasteiger partial charge in [-0.05, 0) is 18.3 Å². The molecule has 0 atom stereocenters. The lowest BCUT2D eigenvalue weighted by Gasteiger charge is -2.49. The van der Waals surface area contributed by atoms with Crippen LogP contribution in [-0.2, 0) is 0 Å². The number of aliphatic hydroxyl groups is 1. The second-order valence-electron chi connectivity index (χ2n) is 4.04. The van der Waals surface area contributed by atoms with Gasteiger partial charge in [-0.3, -0.25) is 0 Å². The second-order valence-corrected chi connectivity index (χ2v) is 4.04. The van der Waals surface area contributed by atoms with Crippen molar-refractivity contribution in [2.45, 2.75) is 32.2 Å². The third-order valence-electron chi connectivity index (χ3n) is 1.98. The van der Waals surface area contributed by atoms with Gasteiger partial charge in [-0.25, -0.2) is 0 Å². The van der Waals surface area contributed by atoms with Crippen molar-refractivity contribution in [1.82, 2.24) is 0 Å². The molecule has 0 aromatic carbocycles. The summed E-state index contributed by atoms with van der Waals surface area (Å²) in [7, 11) is 0. The van der Waals surface area contributed by atoms with Crippen LogP contribution >= 0.6 is 0 Å². The smallest absolute Gasteiger partial charge is 0.0611 e. The number of aliphatic hydroxyl groups excluding tert-OH is 1. The lowest BCUT2D eigenvalue weighted by molar-refractivity contribution is 0.0171. The first-order chi connectivity index (χ1) is 3.97. The molecule has 0 aromatic heterocycles. The van der Waals surface area contributed by atoms with Crippen molar-refractivity contribution in [2.75, 3.05) is 6.61 Å². The van der Waals surface area contributed by atoms with Crippen molar-refractivity contribution < 1.29 is 5.11 Å². The first-order valence-electron chi connectivity index (χ1n) is 3.37. The molecular weight excluding hydrogens is 114 g/mol. The van der Waals surface area contributed by atoms with Gasteiger partial charge in [0.2, 0.25) is 0 Å². The molecule has 0 saturated heterocycles. The van der Waals surface area contributed by atoms with Crippen molar-refractivity contribution >= 4 is 0 Å². The van der Waals surface area contributed by atoms with Gasteiger partial charge < -0.3 is 10.8 Å². The fraction of sp³-hybridized carbons (Fsp3) is 1.00. The highest BCUT2D eigenvalue weighted by Gasteiger charge is 2.45. The third kappa shape index (κ3) is 1.25. The quantitative estimate of drug-likeness (QED) is 0.541. The largest absolute Gasteiger partial charge is 0.394 e. The van der Waals surface area contributed by atoms with Gasteiger partial charge in [0.1, 0.15) is 0 Å². The van der Waals surface area contributed by atoms with Crippen LogP contribution in [0.3, 0.4) is 0 Å². The van der Waals surface area contributed by atoms with Crippen molar-refractivity contribution in [2.24, 2.45) is 11.1 Å². The molecule has 2 heteroatoms. The molecule has 0 radical (unpaired) electrons. The second kappa shape index (κ2) is 1.70. The molecule has 9 heavy (non-hydrogen) atoms. The van der Waals surface area contributed by atoms with E-state index in [4.69, 9.17) is 10.8 Å². The van der Waals surface area contributed by atoms with E-state index < -0.39 is 0 Å². The molecule has 1 rings (SSSR count). The Bertz CT molecular complexity index is 112. The minimum absolute atomic E-state index is 0.135. The topological polar surface area (TPSA) is 46.2 Å². The van der Waals surface area contributed by atoms with Crippen LogP contribution in [0.15, 0.2) is 0 Å². The van der Waals surface area contributed by atoms with E-state index >= 15 is 0 Å². The Hall–Kier alpha value is -0.0800. The van der Waals surface area contributed by atoms with Gasteiger partial charge in [0.15, 0.2) is 0 Å². The average Bonchev–Trinajstić information content (AvgIpc) is 1.61. The first kappa shape index (κ1) is 7.03. The summed E-state index contributed by atoms with van der Waals surface area (Å²) in [4.78, 5) is 0. The molecular formula is C7H15NO. The summed E-state index contributed by atoms with van der Waals surface area (Å²) in [6.07, 6.45) is 1.91. The highest BCUT2D eigenvalue weighted by molar-refractivity contribution is 5.02. The summed E-state index contributed by atoms with van der Waals surface area (Å²) in [5.74, 6) is 0. The monoisotopic (exact) mass is 129 g/mol. The van der Waals surface area contributed by atoms with E-state index in [2.05, 4.69) is 13.8 Å². The molecule has 1 saturated carbocycles. The van der Waals surface area contributed by atoms with Crippen molar-refractivity contribution in [1.29, 1.82) is 0 Å². The van der Waals surface area contributed by atoms with Crippen molar-refractivity contribution in [3.05, 3.63) is 0 Å². The normalized spacial score (nSPS) is 29.3. The van der Waals surface area contributed by atoms with E-state index in [0.29, 0.717) is 5.41 Å². The SMILES string of the molecule is CC1(C)CC(N)(CO)C1.